The second kappa shape index (κ2) is 8.45. The number of aromatic hydroxyl groups is 1. The van der Waals surface area contributed by atoms with Gasteiger partial charge in [-0.2, -0.15) is 0 Å². The van der Waals surface area contributed by atoms with Gasteiger partial charge in [0, 0.05) is 23.3 Å². The zero-order valence-electron chi connectivity index (χ0n) is 24.7. The van der Waals surface area contributed by atoms with Crippen LogP contribution in [0.25, 0.3) is 0 Å². The third-order valence-electron chi connectivity index (χ3n) is 11.2. The Labute approximate surface area is 253 Å². The quantitative estimate of drug-likeness (QED) is 0.272. The molecule has 3 bridgehead atoms. The minimum Gasteiger partial charge on any atom is -0.508 e. The van der Waals surface area contributed by atoms with Gasteiger partial charge in [0.15, 0.2) is 17.0 Å². The van der Waals surface area contributed by atoms with Crippen molar-refractivity contribution in [1.29, 1.82) is 0 Å². The van der Waals surface area contributed by atoms with Crippen LogP contribution in [0.2, 0.25) is 0 Å². The summed E-state index contributed by atoms with van der Waals surface area (Å²) in [4.78, 5) is 27.5. The van der Waals surface area contributed by atoms with Crippen molar-refractivity contribution < 1.29 is 48.6 Å². The Morgan fingerprint density at radius 3 is 2.36 bits per heavy atom. The van der Waals surface area contributed by atoms with E-state index in [0.29, 0.717) is 11.1 Å². The molecule has 2 aromatic carbocycles. The van der Waals surface area contributed by atoms with Gasteiger partial charge < -0.3 is 39.0 Å². The van der Waals surface area contributed by atoms with E-state index in [1.165, 1.54) is 24.3 Å². The van der Waals surface area contributed by atoms with Crippen molar-refractivity contribution in [3.63, 3.8) is 0 Å². The zero-order chi connectivity index (χ0) is 31.2. The highest BCUT2D eigenvalue weighted by Gasteiger charge is 2.90. The first-order valence-corrected chi connectivity index (χ1v) is 14.9. The summed E-state index contributed by atoms with van der Waals surface area (Å²) < 4.78 is 33.5. The number of phenols is 1. The molecule has 8 rings (SSSR count). The fourth-order valence-corrected chi connectivity index (χ4v) is 9.03. The summed E-state index contributed by atoms with van der Waals surface area (Å²) in [5.41, 5.74) is -4.99. The molecular formula is C34H34O10. The van der Waals surface area contributed by atoms with Crippen molar-refractivity contribution in [2.45, 2.75) is 80.5 Å². The van der Waals surface area contributed by atoms with Gasteiger partial charge in [0.25, 0.3) is 0 Å². The molecule has 5 fully saturated rings. The first kappa shape index (κ1) is 28.1. The molecule has 0 amide bonds. The van der Waals surface area contributed by atoms with Crippen LogP contribution in [0.5, 0.6) is 5.75 Å². The maximum atomic E-state index is 13.8. The standard InChI is InChI=1S/C34H34O10/c1-16(2)32-25(40-28(37)19-11-13-21(35)14-12-19)18(4)33-22-15-17(3)24(36)31(22,39)29(38)30(5)26(41-30)23(33)27(32)42-34(43-32,44-33)20-9-7-6-8-10-20/h6-15,18,22-23,25-27,29,35,38-39H,1H2,2-5H3/t18-,22-,23+,25+,26+,27-,29-,30+,31-,32+,33+,34?/m1/s1. The second-order valence-corrected chi connectivity index (χ2v) is 13.4. The lowest BCUT2D eigenvalue weighted by atomic mass is 9.53. The number of esters is 1. The second-order valence-electron chi connectivity index (χ2n) is 13.4. The van der Waals surface area contributed by atoms with Gasteiger partial charge in [0.05, 0.1) is 17.3 Å². The van der Waals surface area contributed by atoms with E-state index in [1.807, 2.05) is 25.1 Å². The van der Waals surface area contributed by atoms with Gasteiger partial charge >= 0.3 is 11.9 Å². The average Bonchev–Trinajstić information content (AvgIpc) is 3.55. The number of carbonyl (C=O) groups excluding carboxylic acids is 2. The number of Topliss-reactive ketones (excluding diaryl/α,β-unsaturated/α-hetero) is 1. The molecule has 3 aliphatic carbocycles. The van der Waals surface area contributed by atoms with Crippen LogP contribution in [-0.4, -0.2) is 73.9 Å². The van der Waals surface area contributed by atoms with Crippen molar-refractivity contribution in [3.8, 4) is 5.75 Å². The molecule has 10 nitrogen and oxygen atoms in total. The maximum absolute atomic E-state index is 13.8. The Morgan fingerprint density at radius 2 is 1.70 bits per heavy atom. The highest BCUT2D eigenvalue weighted by atomic mass is 16.9. The summed E-state index contributed by atoms with van der Waals surface area (Å²) in [7, 11) is 0. The molecule has 3 N–H and O–H groups in total. The Balaban J connectivity index is 1.39. The number of epoxide rings is 1. The topological polar surface area (TPSA) is 144 Å². The Bertz CT molecular complexity index is 1650. The van der Waals surface area contributed by atoms with Gasteiger partial charge in [0.2, 0.25) is 0 Å². The average molecular weight is 603 g/mol. The molecule has 2 saturated carbocycles. The summed E-state index contributed by atoms with van der Waals surface area (Å²) in [5, 5.41) is 33.9. The molecule has 0 aromatic heterocycles. The molecule has 6 aliphatic rings. The van der Waals surface area contributed by atoms with Crippen molar-refractivity contribution >= 4 is 11.8 Å². The van der Waals surface area contributed by atoms with Crippen LogP contribution >= 0.6 is 0 Å². The lowest BCUT2D eigenvalue weighted by Crippen LogP contribution is -2.76. The van der Waals surface area contributed by atoms with Gasteiger partial charge in [-0.1, -0.05) is 49.9 Å². The predicted molar refractivity (Wildman–Crippen MR) is 152 cm³/mol. The number of hydrogen-bond donors (Lipinski definition) is 3. The van der Waals surface area contributed by atoms with Gasteiger partial charge in [-0.05, 0) is 56.2 Å². The van der Waals surface area contributed by atoms with E-state index in [1.54, 1.807) is 39.0 Å². The van der Waals surface area contributed by atoms with Crippen molar-refractivity contribution in [1.82, 2.24) is 0 Å². The molecule has 230 valence electrons. The number of ether oxygens (including phenoxy) is 5. The number of fused-ring (bicyclic) bond motifs is 3. The summed E-state index contributed by atoms with van der Waals surface area (Å²) in [6.45, 7) is 11.2. The molecule has 44 heavy (non-hydrogen) atoms. The molecular weight excluding hydrogens is 568 g/mol. The number of ketones is 1. The SMILES string of the molecule is C=C(C)[C@@]12OC3(c4ccccc4)O[C@@H]1[C@@H]1[C@@H]4O[C@]4(C)[C@@H](O)[C@]4(O)C(=O)C(C)=C[C@H]4[C@@]1(O3)[C@H](C)[C@@H]2OC(=O)c1ccc(O)cc1. The molecule has 10 heteroatoms. The van der Waals surface area contributed by atoms with Gasteiger partial charge in [-0.3, -0.25) is 4.79 Å². The maximum Gasteiger partial charge on any atom is 0.338 e. The Morgan fingerprint density at radius 1 is 1.02 bits per heavy atom. The van der Waals surface area contributed by atoms with E-state index in [-0.39, 0.29) is 16.9 Å². The van der Waals surface area contributed by atoms with Gasteiger partial charge in [-0.25, -0.2) is 4.79 Å². The van der Waals surface area contributed by atoms with Crippen molar-refractivity contribution in [2.75, 3.05) is 0 Å². The highest BCUT2D eigenvalue weighted by molar-refractivity contribution is 6.05. The third-order valence-corrected chi connectivity index (χ3v) is 11.2. The van der Waals surface area contributed by atoms with Gasteiger partial charge in [0.1, 0.15) is 29.7 Å². The summed E-state index contributed by atoms with van der Waals surface area (Å²) in [5.74, 6) is -5.62. The lowest BCUT2D eigenvalue weighted by molar-refractivity contribution is -0.440. The van der Waals surface area contributed by atoms with Crippen molar-refractivity contribution in [2.24, 2.45) is 17.8 Å². The fraction of sp³-hybridized carbons (Fsp3) is 0.471. The number of hydrogen-bond acceptors (Lipinski definition) is 10. The first-order chi connectivity index (χ1) is 20.8. The number of rotatable bonds is 4. The fourth-order valence-electron chi connectivity index (χ4n) is 9.03. The summed E-state index contributed by atoms with van der Waals surface area (Å²) >= 11 is 0. The monoisotopic (exact) mass is 602 g/mol. The predicted octanol–water partition coefficient (Wildman–Crippen LogP) is 2.90. The number of benzene rings is 2. The zero-order valence-corrected chi connectivity index (χ0v) is 24.7. The van der Waals surface area contributed by atoms with Crippen LogP contribution in [0.4, 0.5) is 0 Å². The molecule has 0 spiro atoms. The van der Waals surface area contributed by atoms with Crippen LogP contribution in [0.3, 0.4) is 0 Å². The molecule has 2 aromatic rings. The van der Waals surface area contributed by atoms with Crippen LogP contribution in [0.1, 0.15) is 43.6 Å². The molecule has 1 unspecified atom stereocenters. The molecule has 12 atom stereocenters. The summed E-state index contributed by atoms with van der Waals surface area (Å²) in [6.07, 6.45) is -2.56. The molecule has 3 heterocycles. The largest absolute Gasteiger partial charge is 0.508 e. The minimum atomic E-state index is -2.29. The minimum absolute atomic E-state index is 0.00354. The first-order valence-electron chi connectivity index (χ1n) is 14.9. The molecule has 3 saturated heterocycles. The van der Waals surface area contributed by atoms with E-state index in [4.69, 9.17) is 23.7 Å². The number of aliphatic hydroxyl groups is 2. The van der Waals surface area contributed by atoms with Crippen LogP contribution in [-0.2, 0) is 34.5 Å². The summed E-state index contributed by atoms with van der Waals surface area (Å²) in [6, 6.07) is 14.8. The van der Waals surface area contributed by atoms with E-state index in [2.05, 4.69) is 6.58 Å². The van der Waals surface area contributed by atoms with Gasteiger partial charge in [-0.15, -0.1) is 0 Å². The highest BCUT2D eigenvalue weighted by Crippen LogP contribution is 2.74. The van der Waals surface area contributed by atoms with Crippen LogP contribution in [0, 0.1) is 17.8 Å². The van der Waals surface area contributed by atoms with E-state index in [0.717, 1.165) is 0 Å². The number of phenolic OH excluding ortho intramolecular Hbond substituents is 1. The molecule has 3 aliphatic heterocycles. The van der Waals surface area contributed by atoms with E-state index < -0.39 is 82.3 Å². The normalized spacial score (nSPS) is 47.6. The third kappa shape index (κ3) is 3.02. The number of aliphatic hydroxyl groups excluding tert-OH is 1. The van der Waals surface area contributed by atoms with Crippen LogP contribution in [0.15, 0.2) is 78.4 Å². The Hall–Kier alpha value is -3.38. The Kier molecular flexibility index (Phi) is 5.40. The smallest absolute Gasteiger partial charge is 0.338 e. The number of carbonyl (C=O) groups is 2. The van der Waals surface area contributed by atoms with E-state index in [9.17, 15) is 24.9 Å². The lowest BCUT2D eigenvalue weighted by Gasteiger charge is -2.61. The van der Waals surface area contributed by atoms with Crippen LogP contribution < -0.4 is 0 Å². The van der Waals surface area contributed by atoms with E-state index >= 15 is 0 Å². The van der Waals surface area contributed by atoms with Crippen molar-refractivity contribution in [3.05, 3.63) is 89.5 Å². The molecule has 0 radical (unpaired) electrons.